The Morgan fingerprint density at radius 2 is 1.61 bits per heavy atom. The van der Waals surface area contributed by atoms with Crippen molar-refractivity contribution in [2.24, 2.45) is 0 Å². The summed E-state index contributed by atoms with van der Waals surface area (Å²) >= 11 is 0. The van der Waals surface area contributed by atoms with E-state index in [9.17, 15) is 4.79 Å². The van der Waals surface area contributed by atoms with Gasteiger partial charge < -0.3 is 4.90 Å². The lowest BCUT2D eigenvalue weighted by molar-refractivity contribution is -0.119. The Balaban J connectivity index is 2.24. The van der Waals surface area contributed by atoms with E-state index in [1.54, 1.807) is 0 Å². The molecule has 0 saturated carbocycles. The fourth-order valence-corrected chi connectivity index (χ4v) is 4.19. The molecule has 3 rings (SSSR count). The maximum absolute atomic E-state index is 12.6. The SMILES string of the molecule is CCC(=O)N1c2ccccc2[C@](C)(c2ccccc2)CC1(C)C. The number of anilines is 1. The molecule has 0 bridgehead atoms. The van der Waals surface area contributed by atoms with Crippen molar-refractivity contribution >= 4 is 11.6 Å². The van der Waals surface area contributed by atoms with Gasteiger partial charge in [-0.05, 0) is 37.5 Å². The standard InChI is InChI=1S/C21H25NO/c1-5-19(23)22-18-14-10-9-13-17(18)21(4,15-20(22,2)3)16-11-7-6-8-12-16/h6-14H,5,15H2,1-4H3/t21-/m0/s1. The van der Waals surface area contributed by atoms with Crippen molar-refractivity contribution in [2.75, 3.05) is 4.90 Å². The van der Waals surface area contributed by atoms with E-state index >= 15 is 0 Å². The Hall–Kier alpha value is -2.09. The number of para-hydroxylation sites is 1. The first-order valence-electron chi connectivity index (χ1n) is 8.38. The highest BCUT2D eigenvalue weighted by molar-refractivity contribution is 5.96. The number of benzene rings is 2. The number of hydrogen-bond donors (Lipinski definition) is 0. The third-order valence-electron chi connectivity index (χ3n) is 5.09. The van der Waals surface area contributed by atoms with E-state index in [0.29, 0.717) is 6.42 Å². The van der Waals surface area contributed by atoms with Crippen molar-refractivity contribution in [3.63, 3.8) is 0 Å². The lowest BCUT2D eigenvalue weighted by Gasteiger charge is -2.51. The second-order valence-corrected chi connectivity index (χ2v) is 7.29. The van der Waals surface area contributed by atoms with Gasteiger partial charge in [0.25, 0.3) is 0 Å². The molecule has 0 unspecified atom stereocenters. The number of fused-ring (bicyclic) bond motifs is 1. The molecule has 120 valence electrons. The molecule has 0 aliphatic carbocycles. The molecule has 1 atom stereocenters. The quantitative estimate of drug-likeness (QED) is 0.771. The van der Waals surface area contributed by atoms with Crippen LogP contribution in [0.2, 0.25) is 0 Å². The normalized spacial score (nSPS) is 22.5. The fraction of sp³-hybridized carbons (Fsp3) is 0.381. The first kappa shape index (κ1) is 15.8. The van der Waals surface area contributed by atoms with Crippen molar-refractivity contribution in [2.45, 2.75) is 51.5 Å². The third kappa shape index (κ3) is 2.46. The van der Waals surface area contributed by atoms with Crippen LogP contribution in [-0.2, 0) is 10.2 Å². The molecule has 23 heavy (non-hydrogen) atoms. The van der Waals surface area contributed by atoms with Crippen LogP contribution in [-0.4, -0.2) is 11.4 Å². The van der Waals surface area contributed by atoms with Crippen LogP contribution >= 0.6 is 0 Å². The molecular weight excluding hydrogens is 282 g/mol. The van der Waals surface area contributed by atoms with Crippen LogP contribution in [0.25, 0.3) is 0 Å². The Morgan fingerprint density at radius 3 is 2.26 bits per heavy atom. The number of carbonyl (C=O) groups is 1. The van der Waals surface area contributed by atoms with Crippen molar-refractivity contribution < 1.29 is 4.79 Å². The number of amides is 1. The fourth-order valence-electron chi connectivity index (χ4n) is 4.19. The summed E-state index contributed by atoms with van der Waals surface area (Å²) in [5, 5.41) is 0. The van der Waals surface area contributed by atoms with Gasteiger partial charge in [-0.25, -0.2) is 0 Å². The van der Waals surface area contributed by atoms with E-state index in [-0.39, 0.29) is 16.9 Å². The lowest BCUT2D eigenvalue weighted by Crippen LogP contribution is -2.55. The molecule has 2 aromatic rings. The summed E-state index contributed by atoms with van der Waals surface area (Å²) in [5.74, 6) is 0.192. The summed E-state index contributed by atoms with van der Waals surface area (Å²) in [6.07, 6.45) is 1.44. The predicted molar refractivity (Wildman–Crippen MR) is 95.8 cm³/mol. The van der Waals surface area contributed by atoms with Crippen LogP contribution in [0.15, 0.2) is 54.6 Å². The minimum absolute atomic E-state index is 0.0914. The minimum Gasteiger partial charge on any atom is -0.307 e. The zero-order valence-corrected chi connectivity index (χ0v) is 14.5. The van der Waals surface area contributed by atoms with Gasteiger partial charge in [-0.15, -0.1) is 0 Å². The van der Waals surface area contributed by atoms with Crippen LogP contribution in [0.4, 0.5) is 5.69 Å². The molecule has 2 aromatic carbocycles. The molecule has 0 N–H and O–H groups in total. The van der Waals surface area contributed by atoms with Crippen LogP contribution in [0.1, 0.15) is 51.7 Å². The van der Waals surface area contributed by atoms with Crippen LogP contribution < -0.4 is 4.90 Å². The minimum atomic E-state index is -0.216. The zero-order chi connectivity index (χ0) is 16.7. The van der Waals surface area contributed by atoms with E-state index in [4.69, 9.17) is 0 Å². The van der Waals surface area contributed by atoms with Gasteiger partial charge in [0.15, 0.2) is 0 Å². The van der Waals surface area contributed by atoms with Gasteiger partial charge in [0, 0.05) is 23.1 Å². The monoisotopic (exact) mass is 307 g/mol. The van der Waals surface area contributed by atoms with Crippen molar-refractivity contribution in [1.29, 1.82) is 0 Å². The highest BCUT2D eigenvalue weighted by Gasteiger charge is 2.47. The molecule has 0 aromatic heterocycles. The highest BCUT2D eigenvalue weighted by Crippen LogP contribution is 2.50. The summed E-state index contributed by atoms with van der Waals surface area (Å²) in [4.78, 5) is 14.6. The lowest BCUT2D eigenvalue weighted by atomic mass is 9.65. The first-order chi connectivity index (χ1) is 10.9. The van der Waals surface area contributed by atoms with Gasteiger partial charge in [-0.2, -0.15) is 0 Å². The molecule has 1 heterocycles. The van der Waals surface area contributed by atoms with Gasteiger partial charge in [-0.3, -0.25) is 4.79 Å². The van der Waals surface area contributed by atoms with Crippen molar-refractivity contribution in [3.05, 3.63) is 65.7 Å². The molecule has 0 radical (unpaired) electrons. The Morgan fingerprint density at radius 1 is 1.00 bits per heavy atom. The summed E-state index contributed by atoms with van der Waals surface area (Å²) in [7, 11) is 0. The summed E-state index contributed by atoms with van der Waals surface area (Å²) in [6, 6.07) is 19.0. The molecule has 1 aliphatic heterocycles. The average molecular weight is 307 g/mol. The van der Waals surface area contributed by atoms with Gasteiger partial charge >= 0.3 is 0 Å². The average Bonchev–Trinajstić information content (AvgIpc) is 2.54. The van der Waals surface area contributed by atoms with E-state index in [0.717, 1.165) is 12.1 Å². The van der Waals surface area contributed by atoms with E-state index in [1.165, 1.54) is 11.1 Å². The third-order valence-corrected chi connectivity index (χ3v) is 5.09. The molecule has 0 saturated heterocycles. The van der Waals surface area contributed by atoms with E-state index < -0.39 is 0 Å². The molecule has 2 nitrogen and oxygen atoms in total. The number of nitrogens with zero attached hydrogens (tertiary/aromatic N) is 1. The number of carbonyl (C=O) groups excluding carboxylic acids is 1. The number of hydrogen-bond acceptors (Lipinski definition) is 1. The summed E-state index contributed by atoms with van der Waals surface area (Å²) in [6.45, 7) is 8.60. The topological polar surface area (TPSA) is 20.3 Å². The Bertz CT molecular complexity index is 720. The van der Waals surface area contributed by atoms with Gasteiger partial charge in [-0.1, -0.05) is 62.4 Å². The van der Waals surface area contributed by atoms with Gasteiger partial charge in [0.1, 0.15) is 0 Å². The first-order valence-corrected chi connectivity index (χ1v) is 8.38. The Kier molecular flexibility index (Phi) is 3.79. The molecular formula is C21H25NO. The largest absolute Gasteiger partial charge is 0.307 e. The molecule has 1 aliphatic rings. The van der Waals surface area contributed by atoms with Crippen molar-refractivity contribution in [1.82, 2.24) is 0 Å². The molecule has 0 fully saturated rings. The molecule has 2 heteroatoms. The maximum atomic E-state index is 12.6. The molecule has 0 spiro atoms. The van der Waals surface area contributed by atoms with Gasteiger partial charge in [0.2, 0.25) is 5.91 Å². The van der Waals surface area contributed by atoms with Crippen LogP contribution in [0.5, 0.6) is 0 Å². The van der Waals surface area contributed by atoms with E-state index in [1.807, 2.05) is 17.9 Å². The smallest absolute Gasteiger partial charge is 0.227 e. The zero-order valence-electron chi connectivity index (χ0n) is 14.5. The van der Waals surface area contributed by atoms with Crippen LogP contribution in [0.3, 0.4) is 0 Å². The van der Waals surface area contributed by atoms with Crippen LogP contribution in [0, 0.1) is 0 Å². The predicted octanol–water partition coefficient (Wildman–Crippen LogP) is 4.92. The summed E-state index contributed by atoms with van der Waals surface area (Å²) < 4.78 is 0. The second kappa shape index (κ2) is 5.52. The highest BCUT2D eigenvalue weighted by atomic mass is 16.2. The summed E-state index contributed by atoms with van der Waals surface area (Å²) in [5.41, 5.74) is 3.30. The second-order valence-electron chi connectivity index (χ2n) is 7.29. The maximum Gasteiger partial charge on any atom is 0.227 e. The molecule has 1 amide bonds. The van der Waals surface area contributed by atoms with E-state index in [2.05, 4.69) is 69.3 Å². The Labute approximate surface area is 139 Å². The van der Waals surface area contributed by atoms with Crippen molar-refractivity contribution in [3.8, 4) is 0 Å². The van der Waals surface area contributed by atoms with Gasteiger partial charge in [0.05, 0.1) is 0 Å². The number of rotatable bonds is 2.